The lowest BCUT2D eigenvalue weighted by molar-refractivity contribution is -0.128. The Morgan fingerprint density at radius 1 is 1.58 bits per heavy atom. The van der Waals surface area contributed by atoms with E-state index in [0.29, 0.717) is 4.99 Å². The summed E-state index contributed by atoms with van der Waals surface area (Å²) in [5.74, 6) is -0.0437. The number of hydrogen-bond acceptors (Lipinski definition) is 4. The number of aromatic nitrogens is 1. The Balaban J connectivity index is 2.09. The summed E-state index contributed by atoms with van der Waals surface area (Å²) in [6.45, 7) is 3.95. The molecule has 1 unspecified atom stereocenters. The molecule has 1 saturated carbocycles. The normalized spacial score (nSPS) is 19.1. The Morgan fingerprint density at radius 3 is 2.68 bits per heavy atom. The van der Waals surface area contributed by atoms with Crippen molar-refractivity contribution >= 4 is 34.5 Å². The molecule has 2 rings (SSSR count). The van der Waals surface area contributed by atoms with Gasteiger partial charge in [-0.3, -0.25) is 4.79 Å². The first-order valence-electron chi connectivity index (χ1n) is 6.49. The van der Waals surface area contributed by atoms with Crippen molar-refractivity contribution in [2.45, 2.75) is 45.6 Å². The Labute approximate surface area is 122 Å². The maximum atomic E-state index is 12.5. The van der Waals surface area contributed by atoms with E-state index >= 15 is 0 Å². The van der Waals surface area contributed by atoms with Gasteiger partial charge in [-0.15, -0.1) is 11.3 Å². The summed E-state index contributed by atoms with van der Waals surface area (Å²) in [6, 6.07) is -0.0991. The standard InChI is InChI=1S/C13H19N3OS2/c1-8-7-15-10(19-8)9(2)16-12(17)13(11(14)18)5-3-4-6-13/h7,9H,3-6H2,1-2H3,(H2,14,18)(H,16,17). The number of carbonyl (C=O) groups is 1. The van der Waals surface area contributed by atoms with Crippen LogP contribution in [0, 0.1) is 12.3 Å². The molecule has 0 aliphatic heterocycles. The molecule has 4 nitrogen and oxygen atoms in total. The fourth-order valence-electron chi connectivity index (χ4n) is 2.53. The van der Waals surface area contributed by atoms with Crippen LogP contribution in [0.3, 0.4) is 0 Å². The Kier molecular flexibility index (Phi) is 4.20. The summed E-state index contributed by atoms with van der Waals surface area (Å²) >= 11 is 6.72. The third-order valence-corrected chi connectivity index (χ3v) is 5.21. The van der Waals surface area contributed by atoms with Gasteiger partial charge in [0.1, 0.15) is 5.01 Å². The number of thiazole rings is 1. The molecule has 3 N–H and O–H groups in total. The van der Waals surface area contributed by atoms with Crippen molar-refractivity contribution in [2.75, 3.05) is 0 Å². The third kappa shape index (κ3) is 2.79. The lowest BCUT2D eigenvalue weighted by Gasteiger charge is -2.27. The van der Waals surface area contributed by atoms with Crippen LogP contribution in [0.1, 0.15) is 48.5 Å². The predicted molar refractivity (Wildman–Crippen MR) is 81.1 cm³/mol. The summed E-state index contributed by atoms with van der Waals surface area (Å²) in [6.07, 6.45) is 5.36. The van der Waals surface area contributed by atoms with Gasteiger partial charge in [-0.25, -0.2) is 4.98 Å². The van der Waals surface area contributed by atoms with Crippen molar-refractivity contribution in [3.63, 3.8) is 0 Å². The molecule has 19 heavy (non-hydrogen) atoms. The Morgan fingerprint density at radius 2 is 2.21 bits per heavy atom. The minimum atomic E-state index is -0.643. The van der Waals surface area contributed by atoms with E-state index in [0.717, 1.165) is 35.6 Å². The van der Waals surface area contributed by atoms with E-state index in [1.807, 2.05) is 20.0 Å². The minimum Gasteiger partial charge on any atom is -0.392 e. The second-order valence-corrected chi connectivity index (χ2v) is 6.86. The van der Waals surface area contributed by atoms with Crippen LogP contribution < -0.4 is 11.1 Å². The average molecular weight is 297 g/mol. The number of nitrogens with zero attached hydrogens (tertiary/aromatic N) is 1. The first-order valence-corrected chi connectivity index (χ1v) is 7.71. The largest absolute Gasteiger partial charge is 0.392 e. The molecule has 1 aromatic heterocycles. The second-order valence-electron chi connectivity index (χ2n) is 5.16. The molecule has 104 valence electrons. The molecule has 6 heteroatoms. The molecule has 0 spiro atoms. The first-order chi connectivity index (χ1) is 8.95. The van der Waals surface area contributed by atoms with Crippen molar-refractivity contribution in [2.24, 2.45) is 11.1 Å². The van der Waals surface area contributed by atoms with E-state index in [1.54, 1.807) is 11.3 Å². The fraction of sp³-hybridized carbons (Fsp3) is 0.615. The quantitative estimate of drug-likeness (QED) is 0.838. The van der Waals surface area contributed by atoms with Gasteiger partial charge in [0.25, 0.3) is 0 Å². The van der Waals surface area contributed by atoms with Gasteiger partial charge in [-0.1, -0.05) is 25.1 Å². The van der Waals surface area contributed by atoms with Crippen molar-refractivity contribution in [3.05, 3.63) is 16.1 Å². The number of nitrogens with two attached hydrogens (primary N) is 1. The molecule has 1 amide bonds. The SMILES string of the molecule is Cc1cnc(C(C)NC(=O)C2(C(N)=S)CCCC2)s1. The molecule has 0 radical (unpaired) electrons. The fourth-order valence-corrected chi connectivity index (χ4v) is 3.61. The van der Waals surface area contributed by atoms with Gasteiger partial charge in [0, 0.05) is 11.1 Å². The van der Waals surface area contributed by atoms with Crippen molar-refractivity contribution in [3.8, 4) is 0 Å². The van der Waals surface area contributed by atoms with Crippen LogP contribution in [0.15, 0.2) is 6.20 Å². The highest BCUT2D eigenvalue weighted by Gasteiger charge is 2.44. The van der Waals surface area contributed by atoms with Crippen molar-refractivity contribution in [1.29, 1.82) is 0 Å². The van der Waals surface area contributed by atoms with Crippen LogP contribution in [0.5, 0.6) is 0 Å². The molecule has 0 bridgehead atoms. The van der Waals surface area contributed by atoms with E-state index in [4.69, 9.17) is 18.0 Å². The monoisotopic (exact) mass is 297 g/mol. The van der Waals surface area contributed by atoms with Crippen LogP contribution >= 0.6 is 23.6 Å². The maximum Gasteiger partial charge on any atom is 0.233 e. The van der Waals surface area contributed by atoms with Gasteiger partial charge in [0.15, 0.2) is 0 Å². The van der Waals surface area contributed by atoms with Gasteiger partial charge in [-0.05, 0) is 26.7 Å². The highest BCUT2D eigenvalue weighted by Crippen LogP contribution is 2.39. The van der Waals surface area contributed by atoms with Crippen LogP contribution in [0.25, 0.3) is 0 Å². The molecule has 1 aromatic rings. The molecule has 1 aliphatic rings. The van der Waals surface area contributed by atoms with E-state index in [-0.39, 0.29) is 11.9 Å². The summed E-state index contributed by atoms with van der Waals surface area (Å²) in [5.41, 5.74) is 5.17. The maximum absolute atomic E-state index is 12.5. The zero-order chi connectivity index (χ0) is 14.0. The zero-order valence-electron chi connectivity index (χ0n) is 11.2. The average Bonchev–Trinajstić information content (AvgIpc) is 2.97. The van der Waals surface area contributed by atoms with Gasteiger partial charge >= 0.3 is 0 Å². The van der Waals surface area contributed by atoms with Crippen LogP contribution in [0.2, 0.25) is 0 Å². The highest BCUT2D eigenvalue weighted by molar-refractivity contribution is 7.80. The summed E-state index contributed by atoms with van der Waals surface area (Å²) < 4.78 is 0. The van der Waals surface area contributed by atoms with Crippen molar-refractivity contribution < 1.29 is 4.79 Å². The Bertz CT molecular complexity index is 492. The summed E-state index contributed by atoms with van der Waals surface area (Å²) in [5, 5.41) is 3.93. The number of amides is 1. The van der Waals surface area contributed by atoms with E-state index in [1.165, 1.54) is 0 Å². The Hall–Kier alpha value is -1.01. The first kappa shape index (κ1) is 14.4. The number of carbonyl (C=O) groups excluding carboxylic acids is 1. The predicted octanol–water partition coefficient (Wildman–Crippen LogP) is 2.48. The molecule has 1 atom stereocenters. The van der Waals surface area contributed by atoms with Crippen LogP contribution in [-0.2, 0) is 4.79 Å². The van der Waals surface area contributed by atoms with Gasteiger partial charge in [-0.2, -0.15) is 0 Å². The second kappa shape index (κ2) is 5.54. The number of aryl methyl sites for hydroxylation is 1. The molecule has 0 aromatic carbocycles. The molecule has 1 fully saturated rings. The molecule has 1 heterocycles. The van der Waals surface area contributed by atoms with Gasteiger partial charge in [0.05, 0.1) is 16.4 Å². The van der Waals surface area contributed by atoms with Gasteiger partial charge in [0.2, 0.25) is 5.91 Å². The molecular formula is C13H19N3OS2. The zero-order valence-corrected chi connectivity index (χ0v) is 12.9. The van der Waals surface area contributed by atoms with Gasteiger partial charge < -0.3 is 11.1 Å². The smallest absolute Gasteiger partial charge is 0.233 e. The highest BCUT2D eigenvalue weighted by atomic mass is 32.1. The molecule has 1 aliphatic carbocycles. The van der Waals surface area contributed by atoms with Crippen LogP contribution in [0.4, 0.5) is 0 Å². The van der Waals surface area contributed by atoms with E-state index in [2.05, 4.69) is 10.3 Å². The molecular weight excluding hydrogens is 278 g/mol. The number of thiocarbonyl (C=S) groups is 1. The van der Waals surface area contributed by atoms with E-state index in [9.17, 15) is 4.79 Å². The van der Waals surface area contributed by atoms with Crippen LogP contribution in [-0.4, -0.2) is 15.9 Å². The number of nitrogens with one attached hydrogen (secondary N) is 1. The number of hydrogen-bond donors (Lipinski definition) is 2. The lowest BCUT2D eigenvalue weighted by Crippen LogP contribution is -2.47. The lowest BCUT2D eigenvalue weighted by atomic mass is 9.85. The van der Waals surface area contributed by atoms with Crippen molar-refractivity contribution in [1.82, 2.24) is 10.3 Å². The third-order valence-electron chi connectivity index (χ3n) is 3.72. The summed E-state index contributed by atoms with van der Waals surface area (Å²) in [4.78, 5) is 18.3. The molecule has 0 saturated heterocycles. The number of rotatable bonds is 4. The topological polar surface area (TPSA) is 68.0 Å². The van der Waals surface area contributed by atoms with E-state index < -0.39 is 5.41 Å². The minimum absolute atomic E-state index is 0.0437. The summed E-state index contributed by atoms with van der Waals surface area (Å²) in [7, 11) is 0.